The van der Waals surface area contributed by atoms with Gasteiger partial charge in [0.05, 0.1) is 22.8 Å². The highest BCUT2D eigenvalue weighted by molar-refractivity contribution is 6.24. The van der Waals surface area contributed by atoms with E-state index in [9.17, 15) is 19.2 Å². The number of imide groups is 2. The maximum absolute atomic E-state index is 12.6. The molecule has 2 aliphatic rings. The molecule has 0 saturated carbocycles. The lowest BCUT2D eigenvalue weighted by atomic mass is 10.0. The van der Waals surface area contributed by atoms with Crippen LogP contribution in [-0.2, 0) is 9.59 Å². The zero-order chi connectivity index (χ0) is 16.1. The Labute approximate surface area is 129 Å². The van der Waals surface area contributed by atoms with E-state index >= 15 is 0 Å². The summed E-state index contributed by atoms with van der Waals surface area (Å²) in [5.74, 6) is -2.10. The highest BCUT2D eigenvalue weighted by Crippen LogP contribution is 2.30. The van der Waals surface area contributed by atoms with Gasteiger partial charge >= 0.3 is 0 Å². The van der Waals surface area contributed by atoms with Crippen LogP contribution in [0.5, 0.6) is 0 Å². The number of nitrogens with one attached hydrogen (secondary N) is 1. The minimum absolute atomic E-state index is 0.0945. The fourth-order valence-corrected chi connectivity index (χ4v) is 2.95. The largest absolute Gasteiger partial charge is 0.295 e. The smallest absolute Gasteiger partial charge is 0.262 e. The molecule has 1 atom stereocenters. The molecule has 0 radical (unpaired) electrons. The number of fused-ring (bicyclic) bond motifs is 2. The summed E-state index contributed by atoms with van der Waals surface area (Å²) < 4.78 is 0. The summed E-state index contributed by atoms with van der Waals surface area (Å²) in [7, 11) is 0. The van der Waals surface area contributed by atoms with E-state index in [4.69, 9.17) is 0 Å². The average Bonchev–Trinajstić information content (AvgIpc) is 2.77. The molecule has 1 N–H and O–H groups in total. The quantitative estimate of drug-likeness (QED) is 0.744. The molecule has 8 heteroatoms. The predicted molar refractivity (Wildman–Crippen MR) is 76.2 cm³/mol. The molecule has 0 aliphatic carbocycles. The van der Waals surface area contributed by atoms with Crippen molar-refractivity contribution < 1.29 is 19.2 Å². The lowest BCUT2D eigenvalue weighted by Crippen LogP contribution is -2.54. The van der Waals surface area contributed by atoms with Crippen LogP contribution in [0.3, 0.4) is 0 Å². The molecule has 114 valence electrons. The van der Waals surface area contributed by atoms with Crippen LogP contribution >= 0.6 is 0 Å². The summed E-state index contributed by atoms with van der Waals surface area (Å²) in [4.78, 5) is 49.3. The van der Waals surface area contributed by atoms with E-state index < -0.39 is 29.7 Å². The van der Waals surface area contributed by atoms with E-state index in [1.54, 1.807) is 12.1 Å². The molecule has 3 heterocycles. The molecule has 1 fully saturated rings. The zero-order valence-electron chi connectivity index (χ0n) is 11.8. The first-order valence-electron chi connectivity index (χ1n) is 7.03. The Morgan fingerprint density at radius 3 is 2.57 bits per heavy atom. The van der Waals surface area contributed by atoms with Gasteiger partial charge in [0.1, 0.15) is 6.04 Å². The van der Waals surface area contributed by atoms with Gasteiger partial charge in [0.15, 0.2) is 0 Å². The molecule has 4 amide bonds. The summed E-state index contributed by atoms with van der Waals surface area (Å²) in [5, 5.41) is 10.5. The average molecular weight is 310 g/mol. The van der Waals surface area contributed by atoms with Crippen molar-refractivity contribution in [2.45, 2.75) is 18.9 Å². The van der Waals surface area contributed by atoms with Gasteiger partial charge in [0.25, 0.3) is 11.8 Å². The first-order valence-corrected chi connectivity index (χ1v) is 7.03. The molecule has 1 aromatic heterocycles. The molecule has 4 rings (SSSR count). The second-order valence-corrected chi connectivity index (χ2v) is 5.44. The highest BCUT2D eigenvalue weighted by Gasteiger charge is 2.44. The highest BCUT2D eigenvalue weighted by atomic mass is 16.2. The van der Waals surface area contributed by atoms with Gasteiger partial charge in [-0.1, -0.05) is 0 Å². The number of rotatable bonds is 1. The number of nitrogens with zero attached hydrogens (tertiary/aromatic N) is 3. The standard InChI is InChI=1S/C15H10N4O4/c20-12-2-1-11(13(21)17-12)19-14(22)8-5-7-3-4-16-18-10(7)6-9(8)15(19)23/h3-6,11H,1-2H2,(H,17,20,21). The number of carbonyl (C=O) groups excluding carboxylic acids is 4. The number of carbonyl (C=O) groups is 4. The predicted octanol–water partition coefficient (Wildman–Crippen LogP) is 0.0310. The Balaban J connectivity index is 1.78. The first-order chi connectivity index (χ1) is 11.1. The van der Waals surface area contributed by atoms with E-state index in [-0.39, 0.29) is 24.0 Å². The zero-order valence-corrected chi connectivity index (χ0v) is 11.8. The van der Waals surface area contributed by atoms with Gasteiger partial charge in [-0.15, -0.1) is 0 Å². The van der Waals surface area contributed by atoms with Crippen LogP contribution < -0.4 is 5.32 Å². The summed E-state index contributed by atoms with van der Waals surface area (Å²) in [6.45, 7) is 0. The fourth-order valence-electron chi connectivity index (χ4n) is 2.95. The van der Waals surface area contributed by atoms with Gasteiger partial charge in [-0.25, -0.2) is 0 Å². The fraction of sp³-hybridized carbons (Fsp3) is 0.200. The van der Waals surface area contributed by atoms with Crippen LogP contribution in [0.25, 0.3) is 10.9 Å². The van der Waals surface area contributed by atoms with Crippen molar-refractivity contribution in [2.75, 3.05) is 0 Å². The minimum Gasteiger partial charge on any atom is -0.295 e. The van der Waals surface area contributed by atoms with Crippen LogP contribution in [0.4, 0.5) is 0 Å². The van der Waals surface area contributed by atoms with E-state index in [1.807, 2.05) is 0 Å². The second kappa shape index (κ2) is 4.67. The van der Waals surface area contributed by atoms with Gasteiger partial charge in [0, 0.05) is 11.8 Å². The van der Waals surface area contributed by atoms with Crippen molar-refractivity contribution in [3.05, 3.63) is 35.5 Å². The van der Waals surface area contributed by atoms with Gasteiger partial charge in [-0.3, -0.25) is 29.4 Å². The third kappa shape index (κ3) is 1.91. The number of amides is 4. The van der Waals surface area contributed by atoms with Crippen molar-refractivity contribution >= 4 is 34.5 Å². The van der Waals surface area contributed by atoms with E-state index in [0.29, 0.717) is 10.9 Å². The molecule has 1 unspecified atom stereocenters. The van der Waals surface area contributed by atoms with Gasteiger partial charge in [-0.05, 0) is 24.6 Å². The van der Waals surface area contributed by atoms with Crippen molar-refractivity contribution in [2.24, 2.45) is 0 Å². The molecular formula is C15H10N4O4. The Kier molecular flexibility index (Phi) is 2.74. The van der Waals surface area contributed by atoms with Crippen LogP contribution in [0.1, 0.15) is 33.6 Å². The van der Waals surface area contributed by atoms with E-state index in [2.05, 4.69) is 15.5 Å². The first kappa shape index (κ1) is 13.5. The number of hydrogen-bond acceptors (Lipinski definition) is 6. The van der Waals surface area contributed by atoms with Crippen molar-refractivity contribution in [1.29, 1.82) is 0 Å². The Morgan fingerprint density at radius 2 is 1.83 bits per heavy atom. The Hall–Kier alpha value is -3.16. The SMILES string of the molecule is O=C1CCC(N2C(=O)c3cc4ccnnc4cc3C2=O)C(=O)N1. The molecule has 23 heavy (non-hydrogen) atoms. The topological polar surface area (TPSA) is 109 Å². The Bertz CT molecular complexity index is 853. The number of hydrogen-bond donors (Lipinski definition) is 1. The van der Waals surface area contributed by atoms with Crippen LogP contribution in [0.2, 0.25) is 0 Å². The summed E-state index contributed by atoms with van der Waals surface area (Å²) in [6, 6.07) is 3.80. The van der Waals surface area contributed by atoms with Crippen LogP contribution in [-0.4, -0.2) is 44.8 Å². The normalized spacial score (nSPS) is 20.9. The van der Waals surface area contributed by atoms with Gasteiger partial charge in [-0.2, -0.15) is 10.2 Å². The maximum Gasteiger partial charge on any atom is 0.262 e. The van der Waals surface area contributed by atoms with Gasteiger partial charge in [0.2, 0.25) is 11.8 Å². The monoisotopic (exact) mass is 310 g/mol. The summed E-state index contributed by atoms with van der Waals surface area (Å²) in [5.41, 5.74) is 0.936. The summed E-state index contributed by atoms with van der Waals surface area (Å²) >= 11 is 0. The Morgan fingerprint density at radius 1 is 1.09 bits per heavy atom. The molecule has 1 aromatic carbocycles. The van der Waals surface area contributed by atoms with Crippen LogP contribution in [0.15, 0.2) is 24.4 Å². The molecule has 2 aliphatic heterocycles. The lowest BCUT2D eigenvalue weighted by molar-refractivity contribution is -0.136. The molecule has 0 bridgehead atoms. The van der Waals surface area contributed by atoms with Crippen LogP contribution in [0, 0.1) is 0 Å². The molecule has 2 aromatic rings. The van der Waals surface area contributed by atoms with Crippen molar-refractivity contribution in [1.82, 2.24) is 20.4 Å². The summed E-state index contributed by atoms with van der Waals surface area (Å²) in [6.07, 6.45) is 1.72. The molecule has 8 nitrogen and oxygen atoms in total. The maximum atomic E-state index is 12.6. The van der Waals surface area contributed by atoms with Crippen molar-refractivity contribution in [3.63, 3.8) is 0 Å². The molecular weight excluding hydrogens is 300 g/mol. The second-order valence-electron chi connectivity index (χ2n) is 5.44. The van der Waals surface area contributed by atoms with E-state index in [0.717, 1.165) is 4.90 Å². The van der Waals surface area contributed by atoms with Crippen molar-refractivity contribution in [3.8, 4) is 0 Å². The minimum atomic E-state index is -0.964. The lowest BCUT2D eigenvalue weighted by Gasteiger charge is -2.27. The van der Waals surface area contributed by atoms with E-state index in [1.165, 1.54) is 12.3 Å². The molecule has 0 spiro atoms. The third-order valence-corrected chi connectivity index (χ3v) is 4.07. The number of benzene rings is 1. The molecule has 1 saturated heterocycles. The number of aromatic nitrogens is 2. The van der Waals surface area contributed by atoms with Gasteiger partial charge < -0.3 is 0 Å². The number of piperidine rings is 1. The third-order valence-electron chi connectivity index (χ3n) is 4.07.